The van der Waals surface area contributed by atoms with Crippen molar-refractivity contribution in [3.8, 4) is 17.0 Å². The zero-order valence-corrected chi connectivity index (χ0v) is 34.0. The summed E-state index contributed by atoms with van der Waals surface area (Å²) in [5.74, 6) is 0.780. The Bertz CT molecular complexity index is 2490. The van der Waals surface area contributed by atoms with Gasteiger partial charge < -0.3 is 20.7 Å². The Morgan fingerprint density at radius 1 is 1.14 bits per heavy atom. The van der Waals surface area contributed by atoms with Crippen LogP contribution in [0.25, 0.3) is 22.2 Å². The van der Waals surface area contributed by atoms with E-state index in [1.54, 1.807) is 23.1 Å². The molecule has 0 radical (unpaired) electrons. The largest absolute Gasteiger partial charge is 0.485 e. The van der Waals surface area contributed by atoms with Crippen molar-refractivity contribution in [2.24, 2.45) is 17.1 Å². The highest BCUT2D eigenvalue weighted by Gasteiger charge is 2.23. The van der Waals surface area contributed by atoms with Crippen LogP contribution in [-0.2, 0) is 23.2 Å². The molecular formula is C42H47FN12O3S. The number of ether oxygens (including phenoxy) is 1. The van der Waals surface area contributed by atoms with Gasteiger partial charge in [0, 0.05) is 60.2 Å². The van der Waals surface area contributed by atoms with Gasteiger partial charge in [-0.2, -0.15) is 15.3 Å². The molecule has 17 heteroatoms. The van der Waals surface area contributed by atoms with Gasteiger partial charge in [-0.15, -0.1) is 0 Å². The van der Waals surface area contributed by atoms with Crippen LogP contribution in [0.5, 0.6) is 5.75 Å². The zero-order valence-electron chi connectivity index (χ0n) is 33.2. The van der Waals surface area contributed by atoms with Crippen molar-refractivity contribution in [3.05, 3.63) is 102 Å². The minimum absolute atomic E-state index is 0.0485. The summed E-state index contributed by atoms with van der Waals surface area (Å²) in [5.41, 5.74) is 5.42. The van der Waals surface area contributed by atoms with Gasteiger partial charge in [-0.25, -0.2) is 19.0 Å². The van der Waals surface area contributed by atoms with Gasteiger partial charge >= 0.3 is 0 Å². The second-order valence-electron chi connectivity index (χ2n) is 14.4. The molecule has 1 aliphatic rings. The lowest BCUT2D eigenvalue weighted by Crippen LogP contribution is -2.32. The number of H-pyrrole nitrogens is 1. The Kier molecular flexibility index (Phi) is 13.1. The number of nitrogens with one attached hydrogen (secondary N) is 4. The number of carbonyl (C=O) groups is 2. The number of likely N-dealkylation sites (tertiary alicyclic amines) is 1. The Morgan fingerprint density at radius 3 is 2.71 bits per heavy atom. The molecule has 0 aliphatic carbocycles. The third-order valence-electron chi connectivity index (χ3n) is 9.96. The molecule has 3 aromatic carbocycles. The van der Waals surface area contributed by atoms with E-state index in [4.69, 9.17) is 4.74 Å². The number of nitrogens with zero attached hydrogens (tertiary/aromatic N) is 8. The number of hydrogen-bond acceptors (Lipinski definition) is 11. The van der Waals surface area contributed by atoms with Crippen LogP contribution in [0, 0.1) is 5.82 Å². The summed E-state index contributed by atoms with van der Waals surface area (Å²) in [6.07, 6.45) is 7.52. The number of fused-ring (bicyclic) bond motifs is 1. The highest BCUT2D eigenvalue weighted by molar-refractivity contribution is 7.99. The lowest BCUT2D eigenvalue weighted by Gasteiger charge is -2.32. The van der Waals surface area contributed by atoms with Crippen LogP contribution in [0.1, 0.15) is 50.2 Å². The quantitative estimate of drug-likeness (QED) is 0.0481. The number of aromatic nitrogens is 6. The molecule has 0 unspecified atom stereocenters. The molecule has 306 valence electrons. The van der Waals surface area contributed by atoms with E-state index in [2.05, 4.69) is 88.3 Å². The van der Waals surface area contributed by atoms with Gasteiger partial charge in [0.15, 0.2) is 17.1 Å². The summed E-state index contributed by atoms with van der Waals surface area (Å²) in [4.78, 5) is 36.3. The third kappa shape index (κ3) is 10.0. The first-order valence-corrected chi connectivity index (χ1v) is 20.2. The fraction of sp³-hybridized carbons (Fsp3) is 0.310. The summed E-state index contributed by atoms with van der Waals surface area (Å²) >= 11 is 1.52. The second-order valence-corrected chi connectivity index (χ2v) is 15.6. The molecule has 4 heterocycles. The van der Waals surface area contributed by atoms with E-state index in [0.29, 0.717) is 40.8 Å². The molecule has 0 bridgehead atoms. The number of anilines is 2. The normalized spacial score (nSPS) is 13.8. The Labute approximate surface area is 345 Å². The number of benzene rings is 3. The maximum absolute atomic E-state index is 15.4. The van der Waals surface area contributed by atoms with Crippen LogP contribution in [0.3, 0.4) is 0 Å². The van der Waals surface area contributed by atoms with Gasteiger partial charge in [0.1, 0.15) is 24.5 Å². The van der Waals surface area contributed by atoms with E-state index in [0.717, 1.165) is 58.7 Å². The topological polar surface area (TPSA) is 172 Å². The number of piperidine rings is 1. The maximum Gasteiger partial charge on any atom is 0.227 e. The fourth-order valence-electron chi connectivity index (χ4n) is 7.10. The molecule has 2 amide bonds. The number of aryl methyl sites for hydroxylation is 1. The first-order valence-electron chi connectivity index (χ1n) is 19.4. The zero-order chi connectivity index (χ0) is 41.3. The first kappa shape index (κ1) is 40.9. The minimum Gasteiger partial charge on any atom is -0.485 e. The van der Waals surface area contributed by atoms with Gasteiger partial charge in [-0.3, -0.25) is 24.3 Å². The molecule has 1 aliphatic heterocycles. The molecule has 0 spiro atoms. The van der Waals surface area contributed by atoms with E-state index in [-0.39, 0.29) is 37.5 Å². The second kappa shape index (κ2) is 18.9. The summed E-state index contributed by atoms with van der Waals surface area (Å²) in [5, 5.41) is 24.7. The van der Waals surface area contributed by atoms with Crippen molar-refractivity contribution in [1.29, 1.82) is 0 Å². The number of halogens is 1. The van der Waals surface area contributed by atoms with Crippen LogP contribution in [0.2, 0.25) is 0 Å². The standard InChI is InChI=1S/C42H47FN12O3S/c1-27(2)58-40-39(31-21-49-50-22-31)48-25-55(44-3)42(40)47-24-46-36-11-9-33(20-35(36)43)59-32-7-5-6-28(18-32)23-54-16-13-29(14-17-54)30-8-10-34-37(19-30)53(4)52-41(34)51-38(57)12-15-45-26-56/h5-11,18-22,25-27,29,46H,3,12-17,23-24H2,1-2,4H3,(H,45,56)(H,49,50)(H,51,52,57)/b47-42-. The molecule has 59 heavy (non-hydrogen) atoms. The minimum atomic E-state index is -0.388. The van der Waals surface area contributed by atoms with Crippen molar-refractivity contribution in [1.82, 2.24) is 39.9 Å². The summed E-state index contributed by atoms with van der Waals surface area (Å²) in [7, 11) is 1.88. The van der Waals surface area contributed by atoms with Gasteiger partial charge in [0.05, 0.1) is 23.5 Å². The van der Waals surface area contributed by atoms with Gasteiger partial charge in [-0.05, 0) is 99.3 Å². The number of carbonyl (C=O) groups excluding carboxylic acids is 2. The monoisotopic (exact) mass is 818 g/mol. The highest BCUT2D eigenvalue weighted by atomic mass is 32.2. The number of aromatic amines is 1. The summed E-state index contributed by atoms with van der Waals surface area (Å²) < 4.78 is 24.8. The van der Waals surface area contributed by atoms with Crippen LogP contribution >= 0.6 is 11.8 Å². The maximum atomic E-state index is 15.4. The molecule has 15 nitrogen and oxygen atoms in total. The molecule has 0 saturated carbocycles. The molecule has 4 N–H and O–H groups in total. The Balaban J connectivity index is 0.941. The van der Waals surface area contributed by atoms with Crippen LogP contribution < -0.4 is 26.2 Å². The molecule has 3 aromatic heterocycles. The van der Waals surface area contributed by atoms with Crippen LogP contribution in [-0.4, -0.2) is 86.0 Å². The van der Waals surface area contributed by atoms with E-state index in [9.17, 15) is 9.59 Å². The lowest BCUT2D eigenvalue weighted by molar-refractivity contribution is -0.116. The van der Waals surface area contributed by atoms with E-state index >= 15 is 4.39 Å². The smallest absolute Gasteiger partial charge is 0.227 e. The van der Waals surface area contributed by atoms with Crippen molar-refractivity contribution >= 4 is 53.2 Å². The van der Waals surface area contributed by atoms with Crippen molar-refractivity contribution in [3.63, 3.8) is 0 Å². The average molecular weight is 819 g/mol. The molecular weight excluding hydrogens is 772 g/mol. The van der Waals surface area contributed by atoms with Crippen molar-refractivity contribution < 1.29 is 18.7 Å². The lowest BCUT2D eigenvalue weighted by atomic mass is 9.89. The van der Waals surface area contributed by atoms with Gasteiger partial charge in [0.2, 0.25) is 12.3 Å². The van der Waals surface area contributed by atoms with E-state index in [1.165, 1.54) is 40.0 Å². The van der Waals surface area contributed by atoms with Gasteiger partial charge in [0.25, 0.3) is 0 Å². The third-order valence-corrected chi connectivity index (χ3v) is 10.9. The van der Waals surface area contributed by atoms with Gasteiger partial charge in [-0.1, -0.05) is 30.0 Å². The van der Waals surface area contributed by atoms with E-state index < -0.39 is 0 Å². The summed E-state index contributed by atoms with van der Waals surface area (Å²) in [6.45, 7) is 10.5. The molecule has 0 atom stereocenters. The highest BCUT2D eigenvalue weighted by Crippen LogP contribution is 2.34. The molecule has 7 rings (SSSR count). The fourth-order valence-corrected chi connectivity index (χ4v) is 8.03. The molecule has 1 fully saturated rings. The number of amides is 2. The Hall–Kier alpha value is -6.33. The Morgan fingerprint density at radius 2 is 1.97 bits per heavy atom. The molecule has 6 aromatic rings. The molecule has 1 saturated heterocycles. The van der Waals surface area contributed by atoms with E-state index in [1.807, 2.05) is 39.1 Å². The van der Waals surface area contributed by atoms with Crippen LogP contribution in [0.15, 0.2) is 99.3 Å². The average Bonchev–Trinajstić information content (AvgIpc) is 3.87. The summed E-state index contributed by atoms with van der Waals surface area (Å²) in [6, 6.07) is 19.9. The predicted octanol–water partition coefficient (Wildman–Crippen LogP) is 6.13. The number of hydrogen-bond donors (Lipinski definition) is 4. The predicted molar refractivity (Wildman–Crippen MR) is 227 cm³/mol. The first-order chi connectivity index (χ1) is 28.7. The SMILES string of the molecule is C=Nn1cnc(-c2cn[nH]c2)c(OC(C)C)/c1=N/CNc1ccc(Sc2cccc(CN3CCC(c4ccc5c(NC(=O)CCNC=O)nn(C)c5c4)CC3)c2)cc1F. The van der Waals surface area contributed by atoms with Crippen LogP contribution in [0.4, 0.5) is 15.9 Å². The number of rotatable bonds is 17. The van der Waals surface area contributed by atoms with Crippen molar-refractivity contribution in [2.45, 2.75) is 61.5 Å². The van der Waals surface area contributed by atoms with Crippen molar-refractivity contribution in [2.75, 3.05) is 36.9 Å².